The van der Waals surface area contributed by atoms with Crippen LogP contribution >= 0.6 is 0 Å². The van der Waals surface area contributed by atoms with Gasteiger partial charge in [-0.2, -0.15) is 0 Å². The lowest BCUT2D eigenvalue weighted by Crippen LogP contribution is -2.08. The van der Waals surface area contributed by atoms with Crippen LogP contribution < -0.4 is 19.6 Å². The van der Waals surface area contributed by atoms with Gasteiger partial charge in [0, 0.05) is 18.6 Å². The van der Waals surface area contributed by atoms with Crippen LogP contribution in [-0.4, -0.2) is 30.4 Å². The summed E-state index contributed by atoms with van der Waals surface area (Å²) in [5, 5.41) is 20.1. The van der Waals surface area contributed by atoms with Gasteiger partial charge in [-0.05, 0) is 24.3 Å². The summed E-state index contributed by atoms with van der Waals surface area (Å²) in [4.78, 5) is 24.1. The first-order valence-corrected chi connectivity index (χ1v) is 7.80. The van der Waals surface area contributed by atoms with Gasteiger partial charge in [-0.3, -0.25) is 9.59 Å². The summed E-state index contributed by atoms with van der Waals surface area (Å²) < 4.78 is 21.0. The van der Waals surface area contributed by atoms with Gasteiger partial charge in [0.2, 0.25) is 16.9 Å². The standard InChI is InChI=1S/C19H16O8/c1-9(20)26-18-13(25-3)8-12(21)14-15(22)16(23)17(27-19(14)18)10-4-6-11(24-2)7-5-10/h4-8,21,23H,1-3H3. The van der Waals surface area contributed by atoms with E-state index in [1.54, 1.807) is 24.3 Å². The molecule has 0 saturated carbocycles. The van der Waals surface area contributed by atoms with Crippen LogP contribution in [0.5, 0.6) is 28.7 Å². The van der Waals surface area contributed by atoms with E-state index >= 15 is 0 Å². The van der Waals surface area contributed by atoms with Crippen molar-refractivity contribution < 1.29 is 33.6 Å². The zero-order valence-corrected chi connectivity index (χ0v) is 14.7. The molecule has 0 fully saturated rings. The van der Waals surface area contributed by atoms with E-state index in [-0.39, 0.29) is 28.2 Å². The van der Waals surface area contributed by atoms with E-state index in [4.69, 9.17) is 18.6 Å². The minimum absolute atomic E-state index is 0.00952. The molecular formula is C19H16O8. The minimum atomic E-state index is -0.879. The summed E-state index contributed by atoms with van der Waals surface area (Å²) in [6.07, 6.45) is 0. The molecule has 0 aliphatic rings. The number of methoxy groups -OCH3 is 2. The van der Waals surface area contributed by atoms with E-state index in [0.717, 1.165) is 6.07 Å². The molecule has 2 aromatic carbocycles. The van der Waals surface area contributed by atoms with Gasteiger partial charge in [0.1, 0.15) is 16.9 Å². The molecule has 0 saturated heterocycles. The van der Waals surface area contributed by atoms with Crippen molar-refractivity contribution >= 4 is 16.9 Å². The molecule has 140 valence electrons. The van der Waals surface area contributed by atoms with Crippen LogP contribution in [-0.2, 0) is 4.79 Å². The van der Waals surface area contributed by atoms with Crippen molar-refractivity contribution in [3.05, 3.63) is 40.6 Å². The first kappa shape index (κ1) is 18.1. The lowest BCUT2D eigenvalue weighted by atomic mass is 10.1. The van der Waals surface area contributed by atoms with E-state index in [1.165, 1.54) is 21.1 Å². The number of phenols is 1. The van der Waals surface area contributed by atoms with Crippen LogP contribution in [0.2, 0.25) is 0 Å². The van der Waals surface area contributed by atoms with Crippen molar-refractivity contribution in [1.29, 1.82) is 0 Å². The molecule has 0 atom stereocenters. The predicted octanol–water partition coefficient (Wildman–Crippen LogP) is 2.81. The number of benzene rings is 2. The van der Waals surface area contributed by atoms with Gasteiger partial charge >= 0.3 is 5.97 Å². The molecule has 2 N–H and O–H groups in total. The monoisotopic (exact) mass is 372 g/mol. The average Bonchev–Trinajstić information content (AvgIpc) is 2.65. The number of hydrogen-bond donors (Lipinski definition) is 2. The van der Waals surface area contributed by atoms with Crippen LogP contribution in [0.3, 0.4) is 0 Å². The molecule has 0 unspecified atom stereocenters. The van der Waals surface area contributed by atoms with Crippen LogP contribution in [0, 0.1) is 0 Å². The third-order valence-electron chi connectivity index (χ3n) is 3.86. The Bertz CT molecular complexity index is 1080. The molecule has 1 heterocycles. The number of phenolic OH excluding ortho intramolecular Hbond substituents is 1. The Morgan fingerprint density at radius 3 is 2.30 bits per heavy atom. The molecule has 0 spiro atoms. The fourth-order valence-corrected chi connectivity index (χ4v) is 2.62. The number of aromatic hydroxyl groups is 2. The highest BCUT2D eigenvalue weighted by atomic mass is 16.6. The molecule has 27 heavy (non-hydrogen) atoms. The number of carbonyl (C=O) groups excluding carboxylic acids is 1. The van der Waals surface area contributed by atoms with Crippen LogP contribution in [0.4, 0.5) is 0 Å². The van der Waals surface area contributed by atoms with Gasteiger partial charge < -0.3 is 28.8 Å². The third-order valence-corrected chi connectivity index (χ3v) is 3.86. The summed E-state index contributed by atoms with van der Waals surface area (Å²) in [5.74, 6) is -1.63. The Labute approximate surface area is 153 Å². The van der Waals surface area contributed by atoms with Gasteiger partial charge in [0.25, 0.3) is 0 Å². The molecule has 0 amide bonds. The molecule has 0 aliphatic carbocycles. The smallest absolute Gasteiger partial charge is 0.308 e. The van der Waals surface area contributed by atoms with Crippen molar-refractivity contribution in [3.63, 3.8) is 0 Å². The second-order valence-corrected chi connectivity index (χ2v) is 5.56. The van der Waals surface area contributed by atoms with Gasteiger partial charge in [0.15, 0.2) is 17.1 Å². The van der Waals surface area contributed by atoms with E-state index in [2.05, 4.69) is 0 Å². The topological polar surface area (TPSA) is 115 Å². The predicted molar refractivity (Wildman–Crippen MR) is 95.7 cm³/mol. The quantitative estimate of drug-likeness (QED) is 0.531. The van der Waals surface area contributed by atoms with Gasteiger partial charge in [0.05, 0.1) is 14.2 Å². The molecule has 1 aromatic heterocycles. The highest BCUT2D eigenvalue weighted by molar-refractivity contribution is 5.94. The zero-order valence-electron chi connectivity index (χ0n) is 14.7. The summed E-state index contributed by atoms with van der Waals surface area (Å²) in [6, 6.07) is 7.50. The summed E-state index contributed by atoms with van der Waals surface area (Å²) in [5.41, 5.74) is -0.727. The molecule has 3 aromatic rings. The van der Waals surface area contributed by atoms with Gasteiger partial charge in [-0.1, -0.05) is 0 Å². The molecule has 0 bridgehead atoms. The number of ether oxygens (including phenoxy) is 3. The third kappa shape index (κ3) is 3.12. The molecule has 8 heteroatoms. The van der Waals surface area contributed by atoms with E-state index in [9.17, 15) is 19.8 Å². The van der Waals surface area contributed by atoms with Crippen LogP contribution in [0.1, 0.15) is 6.92 Å². The molecule has 0 aliphatic heterocycles. The average molecular weight is 372 g/mol. The van der Waals surface area contributed by atoms with Crippen molar-refractivity contribution in [2.75, 3.05) is 14.2 Å². The first-order valence-electron chi connectivity index (χ1n) is 7.80. The number of carbonyl (C=O) groups is 1. The number of fused-ring (bicyclic) bond motifs is 1. The fraction of sp³-hybridized carbons (Fsp3) is 0.158. The Kier molecular flexibility index (Phi) is 4.64. The van der Waals surface area contributed by atoms with E-state index in [1.807, 2.05) is 0 Å². The molecule has 3 rings (SSSR count). The minimum Gasteiger partial charge on any atom is -0.507 e. The second-order valence-electron chi connectivity index (χ2n) is 5.56. The van der Waals surface area contributed by atoms with Crippen molar-refractivity contribution in [2.24, 2.45) is 0 Å². The highest BCUT2D eigenvalue weighted by Gasteiger charge is 2.25. The normalized spacial score (nSPS) is 10.6. The largest absolute Gasteiger partial charge is 0.507 e. The number of esters is 1. The Morgan fingerprint density at radius 2 is 1.74 bits per heavy atom. The maximum absolute atomic E-state index is 12.6. The van der Waals surface area contributed by atoms with E-state index in [0.29, 0.717) is 11.3 Å². The van der Waals surface area contributed by atoms with Crippen LogP contribution in [0.15, 0.2) is 39.5 Å². The molecular weight excluding hydrogens is 356 g/mol. The fourth-order valence-electron chi connectivity index (χ4n) is 2.62. The van der Waals surface area contributed by atoms with Crippen molar-refractivity contribution in [1.82, 2.24) is 0 Å². The van der Waals surface area contributed by atoms with Gasteiger partial charge in [-0.15, -0.1) is 0 Å². The SMILES string of the molecule is COc1ccc(-c2oc3c(OC(C)=O)c(OC)cc(O)c3c(=O)c2O)cc1. The molecule has 0 radical (unpaired) electrons. The number of rotatable bonds is 4. The lowest BCUT2D eigenvalue weighted by Gasteiger charge is -2.13. The van der Waals surface area contributed by atoms with Gasteiger partial charge in [-0.25, -0.2) is 0 Å². The first-order chi connectivity index (χ1) is 12.9. The van der Waals surface area contributed by atoms with Crippen molar-refractivity contribution in [2.45, 2.75) is 6.92 Å². The van der Waals surface area contributed by atoms with Crippen LogP contribution in [0.25, 0.3) is 22.3 Å². The summed E-state index contributed by atoms with van der Waals surface area (Å²) in [7, 11) is 2.81. The summed E-state index contributed by atoms with van der Waals surface area (Å²) in [6.45, 7) is 1.17. The Balaban J connectivity index is 2.38. The Morgan fingerprint density at radius 1 is 1.07 bits per heavy atom. The lowest BCUT2D eigenvalue weighted by molar-refractivity contribution is -0.131. The van der Waals surface area contributed by atoms with Crippen molar-refractivity contribution in [3.8, 4) is 40.1 Å². The summed E-state index contributed by atoms with van der Waals surface area (Å²) >= 11 is 0. The second kappa shape index (κ2) is 6.91. The maximum Gasteiger partial charge on any atom is 0.308 e. The van der Waals surface area contributed by atoms with E-state index < -0.39 is 22.9 Å². The molecule has 8 nitrogen and oxygen atoms in total. The number of hydrogen-bond acceptors (Lipinski definition) is 8. The Hall–Kier alpha value is -3.68. The highest BCUT2D eigenvalue weighted by Crippen LogP contribution is 2.43. The maximum atomic E-state index is 12.6. The zero-order chi connectivity index (χ0) is 19.7.